The third kappa shape index (κ3) is 16.1. The first-order valence-electron chi connectivity index (χ1n) is 3.12. The van der Waals surface area contributed by atoms with Crippen molar-refractivity contribution in [1.82, 2.24) is 0 Å². The molecule has 0 fully saturated rings. The number of hydrogen-bond donors (Lipinski definition) is 4. The van der Waals surface area contributed by atoms with Crippen molar-refractivity contribution in [3.8, 4) is 0 Å². The molecule has 0 saturated carbocycles. The minimum absolute atomic E-state index is 0.194. The molecule has 0 radical (unpaired) electrons. The van der Waals surface area contributed by atoms with Crippen LogP contribution in [-0.4, -0.2) is 52.0 Å². The lowest BCUT2D eigenvalue weighted by Crippen LogP contribution is -2.12. The van der Waals surface area contributed by atoms with E-state index < -0.39 is 19.0 Å². The molecule has 0 rings (SSSR count). The fourth-order valence-corrected chi connectivity index (χ4v) is 0.129. The van der Waals surface area contributed by atoms with Gasteiger partial charge in [-0.15, -0.1) is 0 Å². The fourth-order valence-electron chi connectivity index (χ4n) is 0.129. The molecule has 12 heavy (non-hydrogen) atoms. The molecule has 0 aromatic heterocycles. The summed E-state index contributed by atoms with van der Waals surface area (Å²) >= 11 is 0. The third-order valence-electron chi connectivity index (χ3n) is 0.651. The molecule has 72 valence electrons. The van der Waals surface area contributed by atoms with Crippen molar-refractivity contribution in [2.45, 2.75) is 18.8 Å². The zero-order chi connectivity index (χ0) is 9.98. The van der Waals surface area contributed by atoms with Crippen LogP contribution in [0.15, 0.2) is 0 Å². The van der Waals surface area contributed by atoms with Crippen LogP contribution < -0.4 is 0 Å². The van der Waals surface area contributed by atoms with E-state index in [0.717, 1.165) is 0 Å². The summed E-state index contributed by atoms with van der Waals surface area (Å²) in [5.41, 5.74) is 0. The standard InChI is InChI=1S/2C3H6O3/c4-1-3(6)2-5;4-2-1-3(5)6/h1,3,5-6H,2H2;2-3,5-6H,1H2. The van der Waals surface area contributed by atoms with Gasteiger partial charge < -0.3 is 30.0 Å². The Morgan fingerprint density at radius 1 is 1.17 bits per heavy atom. The summed E-state index contributed by atoms with van der Waals surface area (Å²) in [6.07, 6.45) is -2.13. The number of carbonyl (C=O) groups is 2. The number of aldehydes is 2. The summed E-state index contributed by atoms with van der Waals surface area (Å²) < 4.78 is 0. The van der Waals surface area contributed by atoms with Crippen LogP contribution in [0, 0.1) is 0 Å². The number of rotatable bonds is 4. The first-order chi connectivity index (χ1) is 5.58. The van der Waals surface area contributed by atoms with Crippen LogP contribution in [0.2, 0.25) is 0 Å². The zero-order valence-corrected chi connectivity index (χ0v) is 6.33. The van der Waals surface area contributed by atoms with Crippen molar-refractivity contribution in [2.24, 2.45) is 0 Å². The van der Waals surface area contributed by atoms with Crippen LogP contribution in [0.1, 0.15) is 6.42 Å². The predicted octanol–water partition coefficient (Wildman–Crippen LogP) is -2.58. The SMILES string of the molecule is O=CC(O)CO.O=CCC(O)O. The molecule has 1 unspecified atom stereocenters. The number of aliphatic hydroxyl groups excluding tert-OH is 3. The molecule has 0 saturated heterocycles. The molecular formula is C6H12O6. The van der Waals surface area contributed by atoms with Crippen molar-refractivity contribution in [1.29, 1.82) is 0 Å². The van der Waals surface area contributed by atoms with Gasteiger partial charge in [-0.2, -0.15) is 0 Å². The minimum atomic E-state index is -1.47. The molecular weight excluding hydrogens is 168 g/mol. The van der Waals surface area contributed by atoms with Crippen LogP contribution in [0.5, 0.6) is 0 Å². The van der Waals surface area contributed by atoms with Crippen molar-refractivity contribution >= 4 is 12.6 Å². The Labute approximate surface area is 69.1 Å². The van der Waals surface area contributed by atoms with E-state index in [0.29, 0.717) is 6.29 Å². The van der Waals surface area contributed by atoms with Gasteiger partial charge in [-0.25, -0.2) is 0 Å². The topological polar surface area (TPSA) is 115 Å². The van der Waals surface area contributed by atoms with Gasteiger partial charge in [0.2, 0.25) is 0 Å². The number of carbonyl (C=O) groups excluding carboxylic acids is 2. The summed E-state index contributed by atoms with van der Waals surface area (Å²) in [6.45, 7) is -0.483. The van der Waals surface area contributed by atoms with Gasteiger partial charge in [-0.1, -0.05) is 0 Å². The predicted molar refractivity (Wildman–Crippen MR) is 38.1 cm³/mol. The minimum Gasteiger partial charge on any atom is -0.393 e. The van der Waals surface area contributed by atoms with E-state index in [1.165, 1.54) is 0 Å². The van der Waals surface area contributed by atoms with Crippen molar-refractivity contribution < 1.29 is 30.0 Å². The highest BCUT2D eigenvalue weighted by atomic mass is 16.5. The molecule has 0 aliphatic rings. The maximum Gasteiger partial charge on any atom is 0.158 e. The second kappa shape index (κ2) is 10.2. The van der Waals surface area contributed by atoms with Crippen LogP contribution in [0.4, 0.5) is 0 Å². The van der Waals surface area contributed by atoms with Crippen LogP contribution >= 0.6 is 0 Å². The zero-order valence-electron chi connectivity index (χ0n) is 6.33. The molecule has 1 atom stereocenters. The first kappa shape index (κ1) is 13.7. The monoisotopic (exact) mass is 180 g/mol. The molecule has 0 aromatic rings. The normalized spacial score (nSPS) is 11.4. The van der Waals surface area contributed by atoms with E-state index in [1.807, 2.05) is 0 Å². The van der Waals surface area contributed by atoms with Gasteiger partial charge in [0, 0.05) is 0 Å². The third-order valence-corrected chi connectivity index (χ3v) is 0.651. The second-order valence-corrected chi connectivity index (χ2v) is 1.77. The molecule has 6 nitrogen and oxygen atoms in total. The molecule has 0 heterocycles. The maximum absolute atomic E-state index is 9.33. The number of hydrogen-bond acceptors (Lipinski definition) is 6. The second-order valence-electron chi connectivity index (χ2n) is 1.77. The maximum atomic E-state index is 9.33. The summed E-state index contributed by atoms with van der Waals surface area (Å²) in [7, 11) is 0. The fraction of sp³-hybridized carbons (Fsp3) is 0.667. The van der Waals surface area contributed by atoms with E-state index in [-0.39, 0.29) is 12.7 Å². The Morgan fingerprint density at radius 2 is 1.67 bits per heavy atom. The van der Waals surface area contributed by atoms with Gasteiger partial charge in [-0.3, -0.25) is 0 Å². The Kier molecular flexibility index (Phi) is 11.7. The molecule has 4 N–H and O–H groups in total. The largest absolute Gasteiger partial charge is 0.393 e. The van der Waals surface area contributed by atoms with E-state index in [2.05, 4.69) is 0 Å². The lowest BCUT2D eigenvalue weighted by Gasteiger charge is -1.89. The highest BCUT2D eigenvalue weighted by molar-refractivity contribution is 5.55. The van der Waals surface area contributed by atoms with Crippen LogP contribution in [-0.2, 0) is 9.59 Å². The lowest BCUT2D eigenvalue weighted by molar-refractivity contribution is -0.117. The van der Waals surface area contributed by atoms with Gasteiger partial charge in [0.15, 0.2) is 12.6 Å². The highest BCUT2D eigenvalue weighted by Gasteiger charge is 1.92. The van der Waals surface area contributed by atoms with Crippen molar-refractivity contribution in [3.05, 3.63) is 0 Å². The quantitative estimate of drug-likeness (QED) is 0.279. The smallest absolute Gasteiger partial charge is 0.158 e. The molecule has 6 heteroatoms. The summed E-state index contributed by atoms with van der Waals surface area (Å²) in [4.78, 5) is 18.6. The van der Waals surface area contributed by atoms with E-state index >= 15 is 0 Å². The summed E-state index contributed by atoms with van der Waals surface area (Å²) in [6, 6.07) is 0. The summed E-state index contributed by atoms with van der Waals surface area (Å²) in [5, 5.41) is 31.7. The van der Waals surface area contributed by atoms with Crippen molar-refractivity contribution in [3.63, 3.8) is 0 Å². The molecule has 0 bridgehead atoms. The van der Waals surface area contributed by atoms with E-state index in [9.17, 15) is 9.59 Å². The Morgan fingerprint density at radius 3 is 1.67 bits per heavy atom. The molecule has 0 spiro atoms. The van der Waals surface area contributed by atoms with Gasteiger partial charge >= 0.3 is 0 Å². The van der Waals surface area contributed by atoms with Gasteiger partial charge in [-0.05, 0) is 0 Å². The molecule has 0 aliphatic carbocycles. The lowest BCUT2D eigenvalue weighted by atomic mass is 10.4. The number of aliphatic hydroxyl groups is 4. The van der Waals surface area contributed by atoms with Gasteiger partial charge in [0.05, 0.1) is 13.0 Å². The van der Waals surface area contributed by atoms with E-state index in [1.54, 1.807) is 0 Å². The van der Waals surface area contributed by atoms with Crippen LogP contribution in [0.25, 0.3) is 0 Å². The Hall–Kier alpha value is -0.820. The highest BCUT2D eigenvalue weighted by Crippen LogP contribution is 1.75. The van der Waals surface area contributed by atoms with Crippen LogP contribution in [0.3, 0.4) is 0 Å². The van der Waals surface area contributed by atoms with Gasteiger partial charge in [0.1, 0.15) is 12.4 Å². The Bertz CT molecular complexity index is 113. The average molecular weight is 180 g/mol. The summed E-state index contributed by atoms with van der Waals surface area (Å²) in [5.74, 6) is 0. The molecule has 0 amide bonds. The molecule has 0 aromatic carbocycles. The average Bonchev–Trinajstić information content (AvgIpc) is 2.04. The van der Waals surface area contributed by atoms with E-state index in [4.69, 9.17) is 20.4 Å². The first-order valence-corrected chi connectivity index (χ1v) is 3.12. The van der Waals surface area contributed by atoms with Crippen molar-refractivity contribution in [2.75, 3.05) is 6.61 Å². The Balaban J connectivity index is 0. The van der Waals surface area contributed by atoms with Gasteiger partial charge in [0.25, 0.3) is 0 Å². The molecule has 0 aliphatic heterocycles.